The van der Waals surface area contributed by atoms with E-state index in [4.69, 9.17) is 4.74 Å². The molecule has 162 valence electrons. The van der Waals surface area contributed by atoms with E-state index in [1.54, 1.807) is 30.1 Å². The van der Waals surface area contributed by atoms with Gasteiger partial charge in [-0.1, -0.05) is 24.3 Å². The van der Waals surface area contributed by atoms with E-state index < -0.39 is 0 Å². The second kappa shape index (κ2) is 10.5. The van der Waals surface area contributed by atoms with Crippen LogP contribution in [0.25, 0.3) is 17.0 Å². The quantitative estimate of drug-likeness (QED) is 0.406. The predicted molar refractivity (Wildman–Crippen MR) is 127 cm³/mol. The van der Waals surface area contributed by atoms with Crippen LogP contribution in [0.2, 0.25) is 0 Å². The molecule has 0 saturated heterocycles. The van der Waals surface area contributed by atoms with Crippen molar-refractivity contribution < 1.29 is 4.74 Å². The third-order valence-corrected chi connectivity index (χ3v) is 5.26. The van der Waals surface area contributed by atoms with Gasteiger partial charge in [-0.25, -0.2) is 0 Å². The minimum Gasteiger partial charge on any atom is -0.492 e. The first-order valence-electron chi connectivity index (χ1n) is 10.6. The summed E-state index contributed by atoms with van der Waals surface area (Å²) in [6.07, 6.45) is 11.5. The van der Waals surface area contributed by atoms with Gasteiger partial charge in [-0.15, -0.1) is 0 Å². The molecule has 3 heterocycles. The summed E-state index contributed by atoms with van der Waals surface area (Å²) in [5.41, 5.74) is 3.12. The highest BCUT2D eigenvalue weighted by molar-refractivity contribution is 5.80. The maximum Gasteiger partial charge on any atom is 0.250 e. The first-order chi connectivity index (χ1) is 15.7. The number of hydrogen-bond acceptors (Lipinski definition) is 5. The van der Waals surface area contributed by atoms with Crippen molar-refractivity contribution in [2.75, 3.05) is 19.7 Å². The molecule has 32 heavy (non-hydrogen) atoms. The van der Waals surface area contributed by atoms with Gasteiger partial charge in [-0.05, 0) is 47.5 Å². The van der Waals surface area contributed by atoms with Crippen molar-refractivity contribution in [1.82, 2.24) is 19.4 Å². The summed E-state index contributed by atoms with van der Waals surface area (Å²) >= 11 is 0. The van der Waals surface area contributed by atoms with Crippen molar-refractivity contribution in [2.45, 2.75) is 6.54 Å². The highest BCUT2D eigenvalue weighted by Gasteiger charge is 2.07. The van der Waals surface area contributed by atoms with Crippen molar-refractivity contribution >= 4 is 17.0 Å². The fourth-order valence-electron chi connectivity index (χ4n) is 3.54. The van der Waals surface area contributed by atoms with Gasteiger partial charge in [0.2, 0.25) is 0 Å². The molecule has 0 saturated carbocycles. The lowest BCUT2D eigenvalue weighted by Gasteiger charge is -2.21. The number of benzene rings is 1. The van der Waals surface area contributed by atoms with Crippen LogP contribution in [0.4, 0.5) is 0 Å². The Morgan fingerprint density at radius 1 is 1.03 bits per heavy atom. The molecule has 0 aliphatic rings. The number of ether oxygens (including phenoxy) is 1. The van der Waals surface area contributed by atoms with Gasteiger partial charge in [0.1, 0.15) is 12.4 Å². The van der Waals surface area contributed by atoms with E-state index in [0.717, 1.165) is 47.4 Å². The van der Waals surface area contributed by atoms with Crippen LogP contribution in [-0.2, 0) is 13.6 Å². The van der Waals surface area contributed by atoms with Gasteiger partial charge < -0.3 is 9.30 Å². The molecule has 4 aromatic rings. The lowest BCUT2D eigenvalue weighted by atomic mass is 10.2. The third-order valence-electron chi connectivity index (χ3n) is 5.26. The molecule has 0 aliphatic heterocycles. The smallest absolute Gasteiger partial charge is 0.250 e. The van der Waals surface area contributed by atoms with Crippen molar-refractivity contribution in [2.24, 2.45) is 7.05 Å². The Bertz CT molecular complexity index is 1240. The second-order valence-electron chi connectivity index (χ2n) is 7.58. The monoisotopic (exact) mass is 426 g/mol. The van der Waals surface area contributed by atoms with E-state index in [9.17, 15) is 4.79 Å². The fourth-order valence-corrected chi connectivity index (χ4v) is 3.54. The molecule has 0 atom stereocenters. The van der Waals surface area contributed by atoms with Crippen LogP contribution in [0.5, 0.6) is 5.75 Å². The fraction of sp³-hybridized carbons (Fsp3) is 0.192. The number of rotatable bonds is 9. The second-order valence-corrected chi connectivity index (χ2v) is 7.58. The van der Waals surface area contributed by atoms with Gasteiger partial charge in [0.25, 0.3) is 5.56 Å². The number of aromatic nitrogens is 3. The minimum absolute atomic E-state index is 0.0171. The Morgan fingerprint density at radius 2 is 1.88 bits per heavy atom. The molecule has 0 aliphatic carbocycles. The van der Waals surface area contributed by atoms with Crippen LogP contribution in [-0.4, -0.2) is 39.1 Å². The van der Waals surface area contributed by atoms with Crippen LogP contribution < -0.4 is 10.3 Å². The van der Waals surface area contributed by atoms with Crippen LogP contribution in [0, 0.1) is 0 Å². The third kappa shape index (κ3) is 5.68. The van der Waals surface area contributed by atoms with E-state index in [-0.39, 0.29) is 5.56 Å². The maximum absolute atomic E-state index is 11.8. The van der Waals surface area contributed by atoms with Crippen molar-refractivity contribution in [3.05, 3.63) is 107 Å². The zero-order chi connectivity index (χ0) is 22.2. The molecule has 0 spiro atoms. The summed E-state index contributed by atoms with van der Waals surface area (Å²) < 4.78 is 7.68. The molecule has 6 nitrogen and oxygen atoms in total. The normalized spacial score (nSPS) is 11.4. The molecule has 0 unspecified atom stereocenters. The van der Waals surface area contributed by atoms with Gasteiger partial charge in [-0.2, -0.15) is 0 Å². The zero-order valence-electron chi connectivity index (χ0n) is 18.1. The summed E-state index contributed by atoms with van der Waals surface area (Å²) in [5.74, 6) is 0.795. The summed E-state index contributed by atoms with van der Waals surface area (Å²) in [7, 11) is 1.78. The average molecular weight is 427 g/mol. The Balaban J connectivity index is 1.40. The molecule has 4 rings (SSSR count). The zero-order valence-corrected chi connectivity index (χ0v) is 18.1. The Morgan fingerprint density at radius 3 is 2.66 bits per heavy atom. The number of aryl methyl sites for hydroxylation is 1. The summed E-state index contributed by atoms with van der Waals surface area (Å²) in [6.45, 7) is 2.89. The standard InChI is InChI=1S/C26H26N4O2/c1-29-25-10-9-24(17-23(25)8-11-26(29)31)32-16-15-30(20-22-6-3-13-28-19-22)14-4-7-21-5-2-12-27-18-21/h2-13,17-19H,14-16,20H2,1H3. The van der Waals surface area contributed by atoms with E-state index in [0.29, 0.717) is 6.61 Å². The molecule has 0 bridgehead atoms. The summed E-state index contributed by atoms with van der Waals surface area (Å²) in [6, 6.07) is 17.2. The van der Waals surface area contributed by atoms with Crippen molar-refractivity contribution in [3.63, 3.8) is 0 Å². The van der Waals surface area contributed by atoms with Crippen LogP contribution in [0.15, 0.2) is 90.3 Å². The van der Waals surface area contributed by atoms with Gasteiger partial charge in [0.05, 0.1) is 5.52 Å². The molecule has 0 radical (unpaired) electrons. The van der Waals surface area contributed by atoms with E-state index in [1.807, 2.05) is 54.9 Å². The number of nitrogens with zero attached hydrogens (tertiary/aromatic N) is 4. The van der Waals surface area contributed by atoms with Gasteiger partial charge >= 0.3 is 0 Å². The molecule has 0 N–H and O–H groups in total. The molecule has 1 aromatic carbocycles. The average Bonchev–Trinajstić information content (AvgIpc) is 2.83. The highest BCUT2D eigenvalue weighted by Crippen LogP contribution is 2.19. The summed E-state index contributed by atoms with van der Waals surface area (Å²) in [4.78, 5) is 22.5. The van der Waals surface area contributed by atoms with E-state index >= 15 is 0 Å². The SMILES string of the molecule is Cn1c(=O)ccc2cc(OCCN(CC=Cc3cccnc3)Cc3cccnc3)ccc21. The van der Waals surface area contributed by atoms with Gasteiger partial charge in [-0.3, -0.25) is 19.7 Å². The minimum atomic E-state index is -0.0171. The summed E-state index contributed by atoms with van der Waals surface area (Å²) in [5, 5.41) is 0.983. The number of pyridine rings is 3. The largest absolute Gasteiger partial charge is 0.492 e. The van der Waals surface area contributed by atoms with Crippen LogP contribution in [0.3, 0.4) is 0 Å². The lowest BCUT2D eigenvalue weighted by molar-refractivity contribution is 0.217. The molecule has 3 aromatic heterocycles. The van der Waals surface area contributed by atoms with E-state index in [1.165, 1.54) is 0 Å². The molecule has 6 heteroatoms. The predicted octanol–water partition coefficient (Wildman–Crippen LogP) is 3.92. The van der Waals surface area contributed by atoms with E-state index in [2.05, 4.69) is 33.1 Å². The first-order valence-corrected chi connectivity index (χ1v) is 10.6. The van der Waals surface area contributed by atoms with Gasteiger partial charge in [0, 0.05) is 62.9 Å². The Labute approximate surface area is 187 Å². The maximum atomic E-state index is 11.8. The van der Waals surface area contributed by atoms with Crippen LogP contribution >= 0.6 is 0 Å². The molecule has 0 amide bonds. The Kier molecular flexibility index (Phi) is 7.05. The van der Waals surface area contributed by atoms with Crippen molar-refractivity contribution in [1.29, 1.82) is 0 Å². The topological polar surface area (TPSA) is 60.2 Å². The number of fused-ring (bicyclic) bond motifs is 1. The van der Waals surface area contributed by atoms with Crippen LogP contribution in [0.1, 0.15) is 11.1 Å². The number of hydrogen-bond donors (Lipinski definition) is 0. The molecule has 0 fully saturated rings. The Hall–Kier alpha value is -3.77. The van der Waals surface area contributed by atoms with Crippen molar-refractivity contribution in [3.8, 4) is 5.75 Å². The molecular weight excluding hydrogens is 400 g/mol. The lowest BCUT2D eigenvalue weighted by Crippen LogP contribution is -2.28. The van der Waals surface area contributed by atoms with Gasteiger partial charge in [0.15, 0.2) is 0 Å². The first kappa shape index (κ1) is 21.5. The molecular formula is C26H26N4O2. The highest BCUT2D eigenvalue weighted by atomic mass is 16.5.